The lowest BCUT2D eigenvalue weighted by Crippen LogP contribution is -2.46. The summed E-state index contributed by atoms with van der Waals surface area (Å²) >= 11 is 0. The van der Waals surface area contributed by atoms with Gasteiger partial charge >= 0.3 is 0 Å². The Hall–Kier alpha value is -3.25. The Kier molecular flexibility index (Phi) is 7.35. The SMILES string of the molecule is COc1ccccc1CCNC(=O)c1ccc(CN2CCN(c3cccc(C)c3C)CC2)o1. The molecule has 1 fully saturated rings. The van der Waals surface area contributed by atoms with Gasteiger partial charge in [-0.3, -0.25) is 9.69 Å². The minimum Gasteiger partial charge on any atom is -0.496 e. The molecule has 0 radical (unpaired) electrons. The number of anilines is 1. The number of carbonyl (C=O) groups is 1. The summed E-state index contributed by atoms with van der Waals surface area (Å²) in [4.78, 5) is 17.3. The molecule has 4 rings (SSSR count). The monoisotopic (exact) mass is 447 g/mol. The molecule has 6 nitrogen and oxygen atoms in total. The Balaban J connectivity index is 1.25. The van der Waals surface area contributed by atoms with Crippen molar-refractivity contribution in [3.8, 4) is 5.75 Å². The normalized spacial score (nSPS) is 14.3. The molecule has 3 aromatic rings. The van der Waals surface area contributed by atoms with Crippen LogP contribution in [0, 0.1) is 13.8 Å². The molecule has 6 heteroatoms. The summed E-state index contributed by atoms with van der Waals surface area (Å²) in [5.74, 6) is 1.84. The molecule has 2 heterocycles. The molecular weight excluding hydrogens is 414 g/mol. The minimum absolute atomic E-state index is 0.184. The van der Waals surface area contributed by atoms with Crippen LogP contribution in [0.4, 0.5) is 5.69 Å². The summed E-state index contributed by atoms with van der Waals surface area (Å²) < 4.78 is 11.2. The van der Waals surface area contributed by atoms with Gasteiger partial charge in [0.1, 0.15) is 11.5 Å². The molecule has 1 amide bonds. The minimum atomic E-state index is -0.184. The number of amides is 1. The number of piperazine rings is 1. The van der Waals surface area contributed by atoms with E-state index in [1.807, 2.05) is 30.3 Å². The maximum atomic E-state index is 12.5. The Morgan fingerprint density at radius 3 is 2.58 bits per heavy atom. The highest BCUT2D eigenvalue weighted by atomic mass is 16.5. The van der Waals surface area contributed by atoms with Gasteiger partial charge in [0, 0.05) is 38.4 Å². The summed E-state index contributed by atoms with van der Waals surface area (Å²) in [7, 11) is 1.66. The lowest BCUT2D eigenvalue weighted by atomic mass is 10.1. The van der Waals surface area contributed by atoms with Crippen molar-refractivity contribution in [2.75, 3.05) is 44.7 Å². The smallest absolute Gasteiger partial charge is 0.287 e. The van der Waals surface area contributed by atoms with Crippen LogP contribution in [0.5, 0.6) is 5.75 Å². The quantitative estimate of drug-likeness (QED) is 0.561. The van der Waals surface area contributed by atoms with Crippen LogP contribution in [-0.2, 0) is 13.0 Å². The first kappa shape index (κ1) is 22.9. The number of aryl methyl sites for hydroxylation is 1. The van der Waals surface area contributed by atoms with Crippen LogP contribution in [0.3, 0.4) is 0 Å². The topological polar surface area (TPSA) is 58.0 Å². The molecule has 1 aliphatic rings. The number of nitrogens with zero attached hydrogens (tertiary/aromatic N) is 2. The van der Waals surface area contributed by atoms with E-state index in [9.17, 15) is 4.79 Å². The fourth-order valence-electron chi connectivity index (χ4n) is 4.34. The van der Waals surface area contributed by atoms with Crippen molar-refractivity contribution in [1.82, 2.24) is 10.2 Å². The van der Waals surface area contributed by atoms with E-state index in [0.717, 1.165) is 49.8 Å². The zero-order valence-electron chi connectivity index (χ0n) is 19.8. The van der Waals surface area contributed by atoms with E-state index in [1.54, 1.807) is 13.2 Å². The van der Waals surface area contributed by atoms with Crippen LogP contribution < -0.4 is 15.0 Å². The van der Waals surface area contributed by atoms with Crippen LogP contribution in [0.1, 0.15) is 33.0 Å². The largest absolute Gasteiger partial charge is 0.496 e. The maximum Gasteiger partial charge on any atom is 0.287 e. The molecule has 0 aliphatic carbocycles. The number of benzene rings is 2. The van der Waals surface area contributed by atoms with Gasteiger partial charge in [-0.2, -0.15) is 0 Å². The molecule has 1 aromatic heterocycles. The molecule has 1 N–H and O–H groups in total. The molecule has 33 heavy (non-hydrogen) atoms. The average Bonchev–Trinajstić information content (AvgIpc) is 3.30. The zero-order chi connectivity index (χ0) is 23.2. The van der Waals surface area contributed by atoms with E-state index in [2.05, 4.69) is 47.2 Å². The van der Waals surface area contributed by atoms with E-state index >= 15 is 0 Å². The number of para-hydroxylation sites is 1. The lowest BCUT2D eigenvalue weighted by Gasteiger charge is -2.36. The third-order valence-electron chi connectivity index (χ3n) is 6.43. The number of ether oxygens (including phenoxy) is 1. The highest BCUT2D eigenvalue weighted by Gasteiger charge is 2.20. The number of hydrogen-bond acceptors (Lipinski definition) is 5. The zero-order valence-corrected chi connectivity index (χ0v) is 19.8. The summed E-state index contributed by atoms with van der Waals surface area (Å²) in [5, 5.41) is 2.94. The second-order valence-electron chi connectivity index (χ2n) is 8.57. The first-order valence-corrected chi connectivity index (χ1v) is 11.6. The second-order valence-corrected chi connectivity index (χ2v) is 8.57. The molecule has 0 atom stereocenters. The van der Waals surface area contributed by atoms with Gasteiger partial charge in [-0.1, -0.05) is 30.3 Å². The third-order valence-corrected chi connectivity index (χ3v) is 6.43. The van der Waals surface area contributed by atoms with Gasteiger partial charge in [-0.05, 0) is 61.2 Å². The van der Waals surface area contributed by atoms with Crippen molar-refractivity contribution in [1.29, 1.82) is 0 Å². The number of carbonyl (C=O) groups excluding carboxylic acids is 1. The van der Waals surface area contributed by atoms with Crippen molar-refractivity contribution in [3.05, 3.63) is 82.8 Å². The molecular formula is C27H33N3O3. The van der Waals surface area contributed by atoms with E-state index in [0.29, 0.717) is 18.7 Å². The molecule has 0 saturated carbocycles. The van der Waals surface area contributed by atoms with Crippen molar-refractivity contribution >= 4 is 11.6 Å². The highest BCUT2D eigenvalue weighted by molar-refractivity contribution is 5.91. The Morgan fingerprint density at radius 1 is 1.00 bits per heavy atom. The van der Waals surface area contributed by atoms with E-state index < -0.39 is 0 Å². The fraction of sp³-hybridized carbons (Fsp3) is 0.370. The summed E-state index contributed by atoms with van der Waals surface area (Å²) in [6.07, 6.45) is 0.702. The first-order valence-electron chi connectivity index (χ1n) is 11.6. The van der Waals surface area contributed by atoms with Crippen molar-refractivity contribution in [3.63, 3.8) is 0 Å². The standard InChI is InChI=1S/C27H33N3O3/c1-20-7-6-9-24(21(20)2)30-17-15-29(16-18-30)19-23-11-12-26(33-23)27(31)28-14-13-22-8-4-5-10-25(22)32-3/h4-12H,13-19H2,1-3H3,(H,28,31). The number of nitrogens with one attached hydrogen (secondary N) is 1. The average molecular weight is 448 g/mol. The summed E-state index contributed by atoms with van der Waals surface area (Å²) in [6, 6.07) is 18.0. The van der Waals surface area contributed by atoms with Crippen LogP contribution in [-0.4, -0.2) is 50.6 Å². The highest BCUT2D eigenvalue weighted by Crippen LogP contribution is 2.24. The summed E-state index contributed by atoms with van der Waals surface area (Å²) in [5.41, 5.74) is 5.10. The van der Waals surface area contributed by atoms with Gasteiger partial charge < -0.3 is 19.4 Å². The molecule has 0 unspecified atom stereocenters. The van der Waals surface area contributed by atoms with Crippen LogP contribution in [0.15, 0.2) is 59.0 Å². The summed E-state index contributed by atoms with van der Waals surface area (Å²) in [6.45, 7) is 9.51. The molecule has 174 valence electrons. The lowest BCUT2D eigenvalue weighted by molar-refractivity contribution is 0.0922. The van der Waals surface area contributed by atoms with Crippen LogP contribution in [0.25, 0.3) is 0 Å². The number of rotatable bonds is 8. The molecule has 1 aliphatic heterocycles. The molecule has 2 aromatic carbocycles. The Morgan fingerprint density at radius 2 is 1.79 bits per heavy atom. The maximum absolute atomic E-state index is 12.5. The van der Waals surface area contributed by atoms with E-state index in [-0.39, 0.29) is 5.91 Å². The van der Waals surface area contributed by atoms with Crippen molar-refractivity contribution < 1.29 is 13.9 Å². The number of methoxy groups -OCH3 is 1. The number of hydrogen-bond donors (Lipinski definition) is 1. The predicted octanol–water partition coefficient (Wildman–Crippen LogP) is 4.20. The number of furan rings is 1. The third kappa shape index (κ3) is 5.57. The van der Waals surface area contributed by atoms with Crippen LogP contribution >= 0.6 is 0 Å². The van der Waals surface area contributed by atoms with Gasteiger partial charge in [0.2, 0.25) is 0 Å². The molecule has 0 spiro atoms. The predicted molar refractivity (Wildman–Crippen MR) is 131 cm³/mol. The van der Waals surface area contributed by atoms with Gasteiger partial charge in [-0.25, -0.2) is 0 Å². The van der Waals surface area contributed by atoms with E-state index in [1.165, 1.54) is 16.8 Å². The van der Waals surface area contributed by atoms with Crippen molar-refractivity contribution in [2.45, 2.75) is 26.8 Å². The Bertz CT molecular complexity index is 1080. The van der Waals surface area contributed by atoms with Gasteiger partial charge in [0.15, 0.2) is 5.76 Å². The van der Waals surface area contributed by atoms with Crippen LogP contribution in [0.2, 0.25) is 0 Å². The Labute approximate surface area is 196 Å². The fourth-order valence-corrected chi connectivity index (χ4v) is 4.34. The second kappa shape index (κ2) is 10.6. The van der Waals surface area contributed by atoms with Gasteiger partial charge in [0.05, 0.1) is 13.7 Å². The molecule has 0 bridgehead atoms. The van der Waals surface area contributed by atoms with Gasteiger partial charge in [0.25, 0.3) is 5.91 Å². The molecule has 1 saturated heterocycles. The van der Waals surface area contributed by atoms with Crippen molar-refractivity contribution in [2.24, 2.45) is 0 Å². The first-order chi connectivity index (χ1) is 16.0. The van der Waals surface area contributed by atoms with Gasteiger partial charge in [-0.15, -0.1) is 0 Å². The van der Waals surface area contributed by atoms with E-state index in [4.69, 9.17) is 9.15 Å².